The molecule has 0 radical (unpaired) electrons. The van der Waals surface area contributed by atoms with Crippen LogP contribution in [0, 0.1) is 0 Å². The summed E-state index contributed by atoms with van der Waals surface area (Å²) < 4.78 is 46.7. The third-order valence-electron chi connectivity index (χ3n) is 3.69. The molecule has 1 unspecified atom stereocenters. The van der Waals surface area contributed by atoms with Gasteiger partial charge >= 0.3 is 6.18 Å². The molecule has 0 aliphatic carbocycles. The number of hydrogen-bond donors (Lipinski definition) is 0. The fourth-order valence-corrected chi connectivity index (χ4v) is 3.30. The number of methoxy groups -OCH3 is 1. The van der Waals surface area contributed by atoms with E-state index in [1.165, 1.54) is 12.1 Å². The Morgan fingerprint density at radius 3 is 2.52 bits per heavy atom. The van der Waals surface area contributed by atoms with Gasteiger partial charge in [-0.15, -0.1) is 11.8 Å². The smallest absolute Gasteiger partial charge is 0.422 e. The fraction of sp³-hybridized carbons (Fsp3) is 0.333. The first kappa shape index (κ1) is 19.3. The molecule has 9 heteroatoms. The van der Waals surface area contributed by atoms with E-state index in [0.29, 0.717) is 11.4 Å². The number of aromatic nitrogens is 1. The molecule has 2 aromatic rings. The van der Waals surface area contributed by atoms with Crippen molar-refractivity contribution in [3.05, 3.63) is 47.1 Å². The lowest BCUT2D eigenvalue weighted by molar-refractivity contribution is -0.153. The van der Waals surface area contributed by atoms with Crippen molar-refractivity contribution in [1.29, 1.82) is 0 Å². The lowest BCUT2D eigenvalue weighted by Crippen LogP contribution is -2.42. The van der Waals surface area contributed by atoms with Gasteiger partial charge in [0, 0.05) is 23.2 Å². The van der Waals surface area contributed by atoms with Gasteiger partial charge in [0.2, 0.25) is 5.88 Å². The summed E-state index contributed by atoms with van der Waals surface area (Å²) in [6.07, 6.45) is -2.44. The molecule has 0 saturated heterocycles. The second-order valence-corrected chi connectivity index (χ2v) is 6.94. The summed E-state index contributed by atoms with van der Waals surface area (Å²) in [5.41, 5.74) is 1.16. The van der Waals surface area contributed by atoms with E-state index < -0.39 is 12.8 Å². The van der Waals surface area contributed by atoms with Crippen LogP contribution >= 0.6 is 11.8 Å². The number of benzene rings is 1. The van der Waals surface area contributed by atoms with Crippen LogP contribution in [0.5, 0.6) is 11.6 Å². The van der Waals surface area contributed by atoms with Gasteiger partial charge in [0.25, 0.3) is 0 Å². The molecule has 5 nitrogen and oxygen atoms in total. The third-order valence-corrected chi connectivity index (χ3v) is 4.65. The number of pyridine rings is 1. The van der Waals surface area contributed by atoms with Gasteiger partial charge in [-0.3, -0.25) is 0 Å². The lowest BCUT2D eigenvalue weighted by Gasteiger charge is -2.29. The molecule has 1 atom stereocenters. The van der Waals surface area contributed by atoms with Crippen LogP contribution in [0.15, 0.2) is 41.4 Å². The maximum absolute atomic E-state index is 12.3. The molecule has 0 fully saturated rings. The molecule has 0 N–H and O–H groups in total. The van der Waals surface area contributed by atoms with Crippen molar-refractivity contribution in [2.45, 2.75) is 18.6 Å². The Hall–Kier alpha value is -2.42. The minimum Gasteiger partial charge on any atom is -0.484 e. The van der Waals surface area contributed by atoms with Crippen molar-refractivity contribution in [2.24, 2.45) is 4.99 Å². The maximum atomic E-state index is 12.3. The standard InChI is InChI=1S/C18H18F3N3O2S/c1-3-27-17-23-16-12(4-9-15(22-16)25-2)10-24(17)13-5-7-14(8-6-13)26-11-18(19,20)21/h4-10,17H,3,11H2,1-2H3. The fourth-order valence-electron chi connectivity index (χ4n) is 2.49. The van der Waals surface area contributed by atoms with Crippen molar-refractivity contribution in [3.63, 3.8) is 0 Å². The van der Waals surface area contributed by atoms with Gasteiger partial charge in [-0.2, -0.15) is 18.2 Å². The van der Waals surface area contributed by atoms with Gasteiger partial charge < -0.3 is 14.4 Å². The van der Waals surface area contributed by atoms with Crippen LogP contribution < -0.4 is 25.1 Å². The number of hydrogen-bond acceptors (Lipinski definition) is 6. The monoisotopic (exact) mass is 397 g/mol. The Kier molecular flexibility index (Phi) is 5.79. The highest BCUT2D eigenvalue weighted by atomic mass is 32.2. The summed E-state index contributed by atoms with van der Waals surface area (Å²) in [6, 6.07) is 10.1. The summed E-state index contributed by atoms with van der Waals surface area (Å²) in [4.78, 5) is 11.0. The molecule has 1 aliphatic heterocycles. The van der Waals surface area contributed by atoms with Gasteiger partial charge in [-0.25, -0.2) is 4.99 Å². The van der Waals surface area contributed by atoms with Gasteiger partial charge in [0.05, 0.1) is 7.11 Å². The van der Waals surface area contributed by atoms with E-state index in [-0.39, 0.29) is 11.2 Å². The zero-order valence-electron chi connectivity index (χ0n) is 14.7. The van der Waals surface area contributed by atoms with Crippen LogP contribution in [0.3, 0.4) is 0 Å². The molecule has 0 spiro atoms. The molecule has 0 saturated carbocycles. The van der Waals surface area contributed by atoms with Crippen LogP contribution in [0.4, 0.5) is 18.9 Å². The van der Waals surface area contributed by atoms with Crippen LogP contribution in [0.2, 0.25) is 0 Å². The summed E-state index contributed by atoms with van der Waals surface area (Å²) in [6.45, 7) is 0.716. The van der Waals surface area contributed by atoms with E-state index in [0.717, 1.165) is 16.7 Å². The molecule has 0 amide bonds. The molecule has 1 aromatic heterocycles. The molecule has 1 aromatic carbocycles. The molecular weight excluding hydrogens is 379 g/mol. The van der Waals surface area contributed by atoms with E-state index in [2.05, 4.69) is 9.98 Å². The van der Waals surface area contributed by atoms with Gasteiger partial charge in [-0.05, 0) is 36.1 Å². The zero-order valence-corrected chi connectivity index (χ0v) is 15.5. The maximum Gasteiger partial charge on any atom is 0.422 e. The van der Waals surface area contributed by atoms with Gasteiger partial charge in [0.15, 0.2) is 17.6 Å². The first-order chi connectivity index (χ1) is 12.9. The average molecular weight is 397 g/mol. The Morgan fingerprint density at radius 2 is 1.89 bits per heavy atom. The number of thioether (sulfide) groups is 1. The van der Waals surface area contributed by atoms with E-state index in [1.807, 2.05) is 24.1 Å². The highest BCUT2D eigenvalue weighted by Crippen LogP contribution is 2.28. The van der Waals surface area contributed by atoms with E-state index in [1.54, 1.807) is 37.1 Å². The topological polar surface area (TPSA) is 47.0 Å². The highest BCUT2D eigenvalue weighted by Gasteiger charge is 2.28. The molecule has 3 rings (SSSR count). The highest BCUT2D eigenvalue weighted by molar-refractivity contribution is 7.99. The van der Waals surface area contributed by atoms with Crippen LogP contribution in [0.1, 0.15) is 6.92 Å². The van der Waals surface area contributed by atoms with E-state index in [9.17, 15) is 13.2 Å². The average Bonchev–Trinajstić information content (AvgIpc) is 2.65. The normalized spacial score (nSPS) is 16.2. The number of ether oxygens (including phenoxy) is 2. The van der Waals surface area contributed by atoms with Gasteiger partial charge in [0.1, 0.15) is 5.75 Å². The molecule has 0 bridgehead atoms. The van der Waals surface area contributed by atoms with Crippen LogP contribution in [-0.2, 0) is 0 Å². The first-order valence-corrected chi connectivity index (χ1v) is 9.25. The Balaban J connectivity index is 1.88. The van der Waals surface area contributed by atoms with Crippen LogP contribution in [0.25, 0.3) is 6.20 Å². The van der Waals surface area contributed by atoms with Crippen molar-refractivity contribution in [2.75, 3.05) is 24.4 Å². The molecular formula is C18H18F3N3O2S. The van der Waals surface area contributed by atoms with Crippen LogP contribution in [-0.4, -0.2) is 36.1 Å². The molecule has 1 aliphatic rings. The largest absolute Gasteiger partial charge is 0.484 e. The summed E-state index contributed by atoms with van der Waals surface area (Å²) in [5.74, 6) is 1.49. The second kappa shape index (κ2) is 8.08. The quantitative estimate of drug-likeness (QED) is 0.750. The predicted molar refractivity (Wildman–Crippen MR) is 98.4 cm³/mol. The Labute approximate surface area is 158 Å². The number of rotatable bonds is 6. The summed E-state index contributed by atoms with van der Waals surface area (Å²) in [7, 11) is 1.55. The molecule has 27 heavy (non-hydrogen) atoms. The Morgan fingerprint density at radius 1 is 1.15 bits per heavy atom. The zero-order chi connectivity index (χ0) is 19.4. The van der Waals surface area contributed by atoms with Crippen molar-refractivity contribution >= 4 is 23.6 Å². The SMILES string of the molecule is CCSC1N=c2nc(OC)ccc2=CN1c1ccc(OCC(F)(F)F)cc1. The van der Waals surface area contributed by atoms with Gasteiger partial charge in [-0.1, -0.05) is 6.92 Å². The number of nitrogens with zero attached hydrogens (tertiary/aromatic N) is 3. The van der Waals surface area contributed by atoms with Crippen molar-refractivity contribution in [1.82, 2.24) is 4.98 Å². The minimum atomic E-state index is -4.36. The van der Waals surface area contributed by atoms with Crippen molar-refractivity contribution in [3.8, 4) is 11.6 Å². The summed E-state index contributed by atoms with van der Waals surface area (Å²) >= 11 is 1.62. The van der Waals surface area contributed by atoms with E-state index in [4.69, 9.17) is 9.47 Å². The second-order valence-electron chi connectivity index (χ2n) is 5.61. The Bertz CT molecular complexity index is 904. The lowest BCUT2D eigenvalue weighted by atomic mass is 10.2. The molecule has 2 heterocycles. The number of fused-ring (bicyclic) bond motifs is 1. The third kappa shape index (κ3) is 4.85. The summed E-state index contributed by atoms with van der Waals surface area (Å²) in [5, 5.41) is 0.834. The number of halogens is 3. The number of alkyl halides is 3. The minimum absolute atomic E-state index is 0.163. The number of anilines is 1. The predicted octanol–water partition coefficient (Wildman–Crippen LogP) is 2.95. The van der Waals surface area contributed by atoms with Crippen molar-refractivity contribution < 1.29 is 22.6 Å². The first-order valence-electron chi connectivity index (χ1n) is 8.20. The molecule has 144 valence electrons. The van der Waals surface area contributed by atoms with E-state index >= 15 is 0 Å².